The summed E-state index contributed by atoms with van der Waals surface area (Å²) < 4.78 is 36.2. The van der Waals surface area contributed by atoms with Gasteiger partial charge in [-0.3, -0.25) is 4.79 Å². The Bertz CT molecular complexity index is 1220. The van der Waals surface area contributed by atoms with Crippen LogP contribution in [0.2, 0.25) is 0 Å². The van der Waals surface area contributed by atoms with Crippen molar-refractivity contribution in [2.45, 2.75) is 46.9 Å². The van der Waals surface area contributed by atoms with E-state index in [9.17, 15) is 22.8 Å². The molecular formula is C25H25NO7S. The Morgan fingerprint density at radius 2 is 1.56 bits per heavy atom. The fourth-order valence-corrected chi connectivity index (χ4v) is 7.07. The molecule has 0 saturated heterocycles. The molecule has 0 spiro atoms. The highest BCUT2D eigenvalue weighted by molar-refractivity contribution is 7.91. The number of carbonyl (C=O) groups is 2. The molecule has 0 radical (unpaired) electrons. The molecule has 4 rings (SSSR count). The quantitative estimate of drug-likeness (QED) is 0.337. The third-order valence-electron chi connectivity index (χ3n) is 7.11. The summed E-state index contributed by atoms with van der Waals surface area (Å²) in [6.45, 7) is 0. The van der Waals surface area contributed by atoms with Crippen molar-refractivity contribution >= 4 is 27.9 Å². The molecule has 1 aliphatic carbocycles. The SMILES string of the molecule is COC(=O)C(CCC1c2ccccc2S(=O)(=O)c2ccccc21)(N=C=O)[C@H]1C[C@@H](C(=O)OC)C1. The monoisotopic (exact) mass is 483 g/mol. The van der Waals surface area contributed by atoms with Crippen LogP contribution in [0.3, 0.4) is 0 Å². The molecule has 8 nitrogen and oxygen atoms in total. The van der Waals surface area contributed by atoms with Gasteiger partial charge < -0.3 is 9.47 Å². The van der Waals surface area contributed by atoms with Crippen LogP contribution in [0.25, 0.3) is 0 Å². The lowest BCUT2D eigenvalue weighted by atomic mass is 9.62. The zero-order valence-electron chi connectivity index (χ0n) is 18.9. The molecule has 0 bridgehead atoms. The van der Waals surface area contributed by atoms with Crippen LogP contribution in [0, 0.1) is 11.8 Å². The zero-order chi connectivity index (χ0) is 24.5. The first-order valence-electron chi connectivity index (χ1n) is 11.0. The van der Waals surface area contributed by atoms with Gasteiger partial charge in [0, 0.05) is 5.92 Å². The standard InChI is InChI=1S/C25H25NO7S/c1-32-23(28)16-13-17(14-16)25(26-15-27,24(29)33-2)12-11-18-19-7-3-5-9-21(19)34(30,31)22-10-6-4-8-20(18)22/h3-10,16-18H,11-14H2,1-2H3/t16-,17+,25?. The van der Waals surface area contributed by atoms with E-state index in [4.69, 9.17) is 9.47 Å². The summed E-state index contributed by atoms with van der Waals surface area (Å²) in [5, 5.41) is 0. The summed E-state index contributed by atoms with van der Waals surface area (Å²) in [5.41, 5.74) is -0.242. The number of esters is 2. The third-order valence-corrected chi connectivity index (χ3v) is 9.02. The topological polar surface area (TPSA) is 116 Å². The van der Waals surface area contributed by atoms with E-state index in [1.807, 2.05) is 0 Å². The van der Waals surface area contributed by atoms with Crippen LogP contribution in [0.15, 0.2) is 63.3 Å². The van der Waals surface area contributed by atoms with Gasteiger partial charge in [0.1, 0.15) is 0 Å². The average molecular weight is 484 g/mol. The Balaban J connectivity index is 1.72. The van der Waals surface area contributed by atoms with Gasteiger partial charge >= 0.3 is 11.9 Å². The minimum Gasteiger partial charge on any atom is -0.469 e. The molecule has 2 aromatic carbocycles. The summed E-state index contributed by atoms with van der Waals surface area (Å²) in [4.78, 5) is 40.7. The van der Waals surface area contributed by atoms with E-state index in [0.717, 1.165) is 0 Å². The lowest BCUT2D eigenvalue weighted by molar-refractivity contribution is -0.159. The number of rotatable bonds is 7. The first-order chi connectivity index (χ1) is 16.3. The van der Waals surface area contributed by atoms with Gasteiger partial charge in [0.15, 0.2) is 5.54 Å². The van der Waals surface area contributed by atoms with E-state index in [1.54, 1.807) is 48.5 Å². The molecule has 1 unspecified atom stereocenters. The van der Waals surface area contributed by atoms with E-state index in [1.165, 1.54) is 20.3 Å². The molecule has 0 aromatic heterocycles. The highest BCUT2D eigenvalue weighted by Crippen LogP contribution is 2.49. The van der Waals surface area contributed by atoms with E-state index >= 15 is 0 Å². The van der Waals surface area contributed by atoms with Crippen molar-refractivity contribution in [3.8, 4) is 0 Å². The van der Waals surface area contributed by atoms with Gasteiger partial charge in [-0.05, 0) is 54.9 Å². The molecule has 2 aromatic rings. The van der Waals surface area contributed by atoms with Gasteiger partial charge in [-0.25, -0.2) is 18.0 Å². The number of fused-ring (bicyclic) bond motifs is 2. The highest BCUT2D eigenvalue weighted by atomic mass is 32.2. The second-order valence-corrected chi connectivity index (χ2v) is 10.6. The Hall–Kier alpha value is -3.29. The van der Waals surface area contributed by atoms with Crippen molar-refractivity contribution in [2.24, 2.45) is 16.8 Å². The fourth-order valence-electron chi connectivity index (χ4n) is 5.28. The minimum absolute atomic E-state index is 0.126. The molecule has 2 aliphatic rings. The Kier molecular flexibility index (Phi) is 6.43. The number of ether oxygens (including phenoxy) is 2. The third kappa shape index (κ3) is 3.75. The summed E-state index contributed by atoms with van der Waals surface area (Å²) in [6.07, 6.45) is 2.66. The number of carbonyl (C=O) groups excluding carboxylic acids is 3. The van der Waals surface area contributed by atoms with E-state index < -0.39 is 27.3 Å². The van der Waals surface area contributed by atoms with Crippen LogP contribution in [0.4, 0.5) is 0 Å². The molecule has 9 heteroatoms. The molecule has 1 heterocycles. The van der Waals surface area contributed by atoms with E-state index in [0.29, 0.717) is 30.4 Å². The second kappa shape index (κ2) is 9.16. The van der Waals surface area contributed by atoms with Gasteiger partial charge in [-0.2, -0.15) is 4.99 Å². The van der Waals surface area contributed by atoms with Crippen LogP contribution in [-0.2, 0) is 33.7 Å². The zero-order valence-corrected chi connectivity index (χ0v) is 19.7. The average Bonchev–Trinajstić information content (AvgIpc) is 2.82. The van der Waals surface area contributed by atoms with Crippen molar-refractivity contribution in [3.05, 3.63) is 59.7 Å². The molecule has 1 fully saturated rings. The van der Waals surface area contributed by atoms with Gasteiger partial charge in [-0.1, -0.05) is 36.4 Å². The van der Waals surface area contributed by atoms with Crippen LogP contribution >= 0.6 is 0 Å². The van der Waals surface area contributed by atoms with Crippen LogP contribution < -0.4 is 0 Å². The molecule has 178 valence electrons. The van der Waals surface area contributed by atoms with Gasteiger partial charge in [-0.15, -0.1) is 0 Å². The van der Waals surface area contributed by atoms with E-state index in [2.05, 4.69) is 4.99 Å². The number of isocyanates is 1. The summed E-state index contributed by atoms with van der Waals surface area (Å²) >= 11 is 0. The van der Waals surface area contributed by atoms with Crippen molar-refractivity contribution in [3.63, 3.8) is 0 Å². The minimum atomic E-state index is -3.68. The summed E-state index contributed by atoms with van der Waals surface area (Å²) in [6, 6.07) is 13.6. The molecule has 1 aliphatic heterocycles. The summed E-state index contributed by atoms with van der Waals surface area (Å²) in [5.74, 6) is -2.15. The molecule has 1 atom stereocenters. The molecule has 0 amide bonds. The predicted octanol–water partition coefficient (Wildman–Crippen LogP) is 3.19. The molecule has 1 saturated carbocycles. The van der Waals surface area contributed by atoms with E-state index in [-0.39, 0.29) is 34.0 Å². The Labute approximate surface area is 197 Å². The molecule has 34 heavy (non-hydrogen) atoms. The molecular weight excluding hydrogens is 458 g/mol. The smallest absolute Gasteiger partial charge is 0.334 e. The first-order valence-corrected chi connectivity index (χ1v) is 12.5. The van der Waals surface area contributed by atoms with Crippen LogP contribution in [0.5, 0.6) is 0 Å². The maximum atomic E-state index is 13.2. The normalized spacial score (nSPS) is 22.1. The maximum absolute atomic E-state index is 13.2. The number of hydrogen-bond donors (Lipinski definition) is 0. The predicted molar refractivity (Wildman–Crippen MR) is 121 cm³/mol. The van der Waals surface area contributed by atoms with Gasteiger partial charge in [0.2, 0.25) is 15.9 Å². The van der Waals surface area contributed by atoms with Crippen molar-refractivity contribution in [2.75, 3.05) is 14.2 Å². The number of nitrogens with zero attached hydrogens (tertiary/aromatic N) is 1. The lowest BCUT2D eigenvalue weighted by Crippen LogP contribution is -2.52. The van der Waals surface area contributed by atoms with Crippen molar-refractivity contribution in [1.29, 1.82) is 0 Å². The largest absolute Gasteiger partial charge is 0.469 e. The number of aliphatic imine (C=N–C) groups is 1. The van der Waals surface area contributed by atoms with Crippen LogP contribution in [0.1, 0.15) is 42.7 Å². The fraction of sp³-hybridized carbons (Fsp3) is 0.400. The number of benzene rings is 2. The highest BCUT2D eigenvalue weighted by Gasteiger charge is 2.54. The summed E-state index contributed by atoms with van der Waals surface area (Å²) in [7, 11) is -1.15. The second-order valence-electron chi connectivity index (χ2n) is 8.68. The van der Waals surface area contributed by atoms with Crippen molar-refractivity contribution < 1.29 is 32.3 Å². The Morgan fingerprint density at radius 1 is 1.00 bits per heavy atom. The Morgan fingerprint density at radius 3 is 2.06 bits per heavy atom. The van der Waals surface area contributed by atoms with Gasteiger partial charge in [0.25, 0.3) is 0 Å². The first kappa shape index (κ1) is 23.9. The van der Waals surface area contributed by atoms with Crippen molar-refractivity contribution in [1.82, 2.24) is 0 Å². The molecule has 0 N–H and O–H groups in total. The number of sulfone groups is 1. The number of hydrogen-bond acceptors (Lipinski definition) is 8. The lowest BCUT2D eigenvalue weighted by Gasteiger charge is -2.43. The van der Waals surface area contributed by atoms with Gasteiger partial charge in [0.05, 0.1) is 29.9 Å². The maximum Gasteiger partial charge on any atom is 0.334 e. The number of methoxy groups -OCH3 is 2. The van der Waals surface area contributed by atoms with Crippen LogP contribution in [-0.4, -0.2) is 46.2 Å².